The Balaban J connectivity index is 4.92. The lowest BCUT2D eigenvalue weighted by molar-refractivity contribution is 0.300. The van der Waals surface area contributed by atoms with Crippen molar-refractivity contribution >= 4 is 42.3 Å². The van der Waals surface area contributed by atoms with Gasteiger partial charge in [-0.3, -0.25) is 0 Å². The first-order chi connectivity index (χ1) is 9.39. The molecule has 0 unspecified atom stereocenters. The van der Waals surface area contributed by atoms with Crippen LogP contribution >= 0.6 is 0 Å². The van der Waals surface area contributed by atoms with Crippen LogP contribution in [-0.4, -0.2) is 42.3 Å². The predicted molar refractivity (Wildman–Crippen MR) is 108 cm³/mol. The molecule has 0 fully saturated rings. The molecule has 132 valence electrons. The molecular weight excluding hydrogens is 361 g/mol. The van der Waals surface area contributed by atoms with Gasteiger partial charge in [0.25, 0.3) is 0 Å². The standard InChI is InChI=1S/C13H36O4Si5/c1-13-19(5,6)15-21(9,10)17-22(11,12)16-20(7,8)14-18(2,3)4/h13H,1H2,2-12H3. The minimum absolute atomic E-state index is 1.62. The van der Waals surface area contributed by atoms with E-state index in [0.717, 1.165) is 0 Å². The van der Waals surface area contributed by atoms with E-state index in [-0.39, 0.29) is 0 Å². The lowest BCUT2D eigenvalue weighted by atomic mass is 11.3. The maximum Gasteiger partial charge on any atom is 0.314 e. The van der Waals surface area contributed by atoms with Gasteiger partial charge in [-0.1, -0.05) is 5.70 Å². The van der Waals surface area contributed by atoms with E-state index in [0.29, 0.717) is 0 Å². The molecule has 22 heavy (non-hydrogen) atoms. The van der Waals surface area contributed by atoms with E-state index >= 15 is 0 Å². The highest BCUT2D eigenvalue weighted by molar-refractivity contribution is 6.91. The number of rotatable bonds is 9. The highest BCUT2D eigenvalue weighted by Gasteiger charge is 2.44. The number of hydrogen-bond donors (Lipinski definition) is 0. The van der Waals surface area contributed by atoms with E-state index < -0.39 is 42.3 Å². The summed E-state index contributed by atoms with van der Waals surface area (Å²) in [5.41, 5.74) is 1.95. The Bertz CT molecular complexity index is 388. The monoisotopic (exact) mass is 396 g/mol. The molecule has 9 heteroatoms. The van der Waals surface area contributed by atoms with Gasteiger partial charge in [-0.05, 0) is 72.0 Å². The molecule has 4 nitrogen and oxygen atoms in total. The zero-order valence-corrected chi connectivity index (χ0v) is 21.4. The van der Waals surface area contributed by atoms with Crippen molar-refractivity contribution in [2.75, 3.05) is 0 Å². The molecule has 0 bridgehead atoms. The molecule has 0 aromatic heterocycles. The average Bonchev–Trinajstić information content (AvgIpc) is 2.06. The first-order valence-corrected chi connectivity index (χ1v) is 22.7. The first kappa shape index (κ1) is 22.7. The van der Waals surface area contributed by atoms with Gasteiger partial charge in [-0.25, -0.2) is 0 Å². The lowest BCUT2D eigenvalue weighted by Crippen LogP contribution is -2.58. The Hall–Kier alpha value is 0.664. The van der Waals surface area contributed by atoms with E-state index in [1.165, 1.54) is 0 Å². The van der Waals surface area contributed by atoms with Crippen molar-refractivity contribution < 1.29 is 16.5 Å². The van der Waals surface area contributed by atoms with Gasteiger partial charge >= 0.3 is 25.7 Å². The fraction of sp³-hybridized carbons (Fsp3) is 0.846. The summed E-state index contributed by atoms with van der Waals surface area (Å²) in [5, 5.41) is 0. The van der Waals surface area contributed by atoms with Gasteiger partial charge in [-0.2, -0.15) is 0 Å². The minimum atomic E-state index is -2.30. The molecule has 0 saturated heterocycles. The Morgan fingerprint density at radius 2 is 0.864 bits per heavy atom. The molecule has 0 saturated carbocycles. The second-order valence-corrected chi connectivity index (χ2v) is 28.0. The molecule has 0 radical (unpaired) electrons. The molecule has 0 N–H and O–H groups in total. The maximum atomic E-state index is 6.40. The van der Waals surface area contributed by atoms with E-state index in [9.17, 15) is 0 Å². The van der Waals surface area contributed by atoms with Gasteiger partial charge in [0.2, 0.25) is 0 Å². The SMILES string of the molecule is C=C[Si](C)(C)O[Si](C)(C)O[Si](C)(C)O[Si](C)(C)O[Si](C)(C)C. The molecule has 0 aliphatic rings. The van der Waals surface area contributed by atoms with Crippen LogP contribution in [0.3, 0.4) is 0 Å². The highest BCUT2D eigenvalue weighted by atomic mass is 28.5. The van der Waals surface area contributed by atoms with Gasteiger partial charge in [0.05, 0.1) is 0 Å². The molecule has 0 aliphatic carbocycles. The zero-order chi connectivity index (χ0) is 18.0. The third-order valence-corrected chi connectivity index (χ3v) is 19.9. The van der Waals surface area contributed by atoms with Gasteiger partial charge in [0, 0.05) is 0 Å². The van der Waals surface area contributed by atoms with E-state index in [1.54, 1.807) is 0 Å². The topological polar surface area (TPSA) is 36.9 Å². The molecule has 0 heterocycles. The summed E-state index contributed by atoms with van der Waals surface area (Å²) in [7, 11) is -10.2. The molecule has 0 aliphatic heterocycles. The largest absolute Gasteiger partial charge is 0.437 e. The van der Waals surface area contributed by atoms with Gasteiger partial charge < -0.3 is 16.5 Å². The Labute approximate surface area is 143 Å². The molecule has 0 atom stereocenters. The quantitative estimate of drug-likeness (QED) is 0.518. The van der Waals surface area contributed by atoms with Crippen LogP contribution in [0, 0.1) is 0 Å². The summed E-state index contributed by atoms with van der Waals surface area (Å²) < 4.78 is 25.4. The molecule has 0 aromatic carbocycles. The molecular formula is C13H36O4Si5. The Morgan fingerprint density at radius 3 is 1.18 bits per heavy atom. The van der Waals surface area contributed by atoms with Gasteiger partial charge in [0.15, 0.2) is 16.6 Å². The summed E-state index contributed by atoms with van der Waals surface area (Å²) in [6.07, 6.45) is 0. The Kier molecular flexibility index (Phi) is 7.49. The van der Waals surface area contributed by atoms with Crippen molar-refractivity contribution in [2.45, 2.75) is 72.0 Å². The van der Waals surface area contributed by atoms with Crippen LogP contribution in [0.15, 0.2) is 12.3 Å². The fourth-order valence-electron chi connectivity index (χ4n) is 2.66. The van der Waals surface area contributed by atoms with Crippen molar-refractivity contribution in [3.05, 3.63) is 12.3 Å². The van der Waals surface area contributed by atoms with E-state index in [2.05, 4.69) is 78.6 Å². The van der Waals surface area contributed by atoms with Crippen LogP contribution in [0.1, 0.15) is 0 Å². The summed E-state index contributed by atoms with van der Waals surface area (Å²) in [6.45, 7) is 27.4. The molecule has 0 rings (SSSR count). The normalized spacial score (nSPS) is 15.0. The minimum Gasteiger partial charge on any atom is -0.437 e. The molecule has 0 amide bonds. The van der Waals surface area contributed by atoms with Crippen LogP contribution in [0.2, 0.25) is 72.0 Å². The average molecular weight is 397 g/mol. The smallest absolute Gasteiger partial charge is 0.314 e. The third-order valence-electron chi connectivity index (χ3n) is 2.54. The lowest BCUT2D eigenvalue weighted by Gasteiger charge is -2.41. The van der Waals surface area contributed by atoms with Crippen LogP contribution in [0.25, 0.3) is 0 Å². The van der Waals surface area contributed by atoms with Crippen molar-refractivity contribution in [2.24, 2.45) is 0 Å². The summed E-state index contributed by atoms with van der Waals surface area (Å²) in [6, 6.07) is 0. The van der Waals surface area contributed by atoms with Gasteiger partial charge in [-0.15, -0.1) is 6.58 Å². The summed E-state index contributed by atoms with van der Waals surface area (Å²) in [4.78, 5) is 0. The van der Waals surface area contributed by atoms with Crippen molar-refractivity contribution in [1.82, 2.24) is 0 Å². The second-order valence-electron chi connectivity index (χ2n) is 8.53. The molecule has 0 spiro atoms. The Morgan fingerprint density at radius 1 is 0.545 bits per heavy atom. The summed E-state index contributed by atoms with van der Waals surface area (Å²) in [5.74, 6) is 0. The first-order valence-electron chi connectivity index (χ1n) is 7.83. The highest BCUT2D eigenvalue weighted by Crippen LogP contribution is 2.25. The van der Waals surface area contributed by atoms with Crippen LogP contribution < -0.4 is 0 Å². The fourth-order valence-corrected chi connectivity index (χ4v) is 25.1. The van der Waals surface area contributed by atoms with Crippen molar-refractivity contribution in [3.63, 3.8) is 0 Å². The molecule has 0 aromatic rings. The second kappa shape index (κ2) is 7.27. The van der Waals surface area contributed by atoms with Gasteiger partial charge in [0.1, 0.15) is 0 Å². The van der Waals surface area contributed by atoms with Crippen LogP contribution in [-0.2, 0) is 16.5 Å². The van der Waals surface area contributed by atoms with E-state index in [4.69, 9.17) is 16.5 Å². The summed E-state index contributed by atoms with van der Waals surface area (Å²) >= 11 is 0. The maximum absolute atomic E-state index is 6.40. The third kappa shape index (κ3) is 10.4. The van der Waals surface area contributed by atoms with Crippen molar-refractivity contribution in [1.29, 1.82) is 0 Å². The number of hydrogen-bond acceptors (Lipinski definition) is 4. The van der Waals surface area contributed by atoms with E-state index in [1.807, 2.05) is 5.70 Å². The van der Waals surface area contributed by atoms with Crippen LogP contribution in [0.4, 0.5) is 0 Å². The van der Waals surface area contributed by atoms with Crippen molar-refractivity contribution in [3.8, 4) is 0 Å². The predicted octanol–water partition coefficient (Wildman–Crippen LogP) is 4.92. The van der Waals surface area contributed by atoms with Crippen LogP contribution in [0.5, 0.6) is 0 Å². The zero-order valence-electron chi connectivity index (χ0n) is 16.4.